The van der Waals surface area contributed by atoms with Crippen molar-refractivity contribution in [3.8, 4) is 39.1 Å². The third-order valence-electron chi connectivity index (χ3n) is 24.4. The van der Waals surface area contributed by atoms with Gasteiger partial charge in [-0.25, -0.2) is 0 Å². The summed E-state index contributed by atoms with van der Waals surface area (Å²) in [5, 5.41) is 18.8. The van der Waals surface area contributed by atoms with Gasteiger partial charge in [0.1, 0.15) is 0 Å². The van der Waals surface area contributed by atoms with Crippen LogP contribution >= 0.6 is 0 Å². The summed E-state index contributed by atoms with van der Waals surface area (Å²) in [5.41, 5.74) is 37.5. The van der Waals surface area contributed by atoms with Gasteiger partial charge in [-0.3, -0.25) is 24.6 Å². The first-order chi connectivity index (χ1) is 55.3. The summed E-state index contributed by atoms with van der Waals surface area (Å²) in [6.07, 6.45) is 19.2. The Balaban J connectivity index is 0.000000106. The second kappa shape index (κ2) is 31.3. The SMILES string of the molecule is CC1(C)Cc2cccc3c4ccc[c-]c4c4ncc1n4c23.Cc1cccc(C)c1-c1cc2c3c(c1)c1ccc[c-]c1c1ncc(n13)CC2.Cc1cccc(C)c1-c1ccc2c3c1c1ccc[c-]c1c1ncc(n13)CC2.Cc1cccc(C)c1-c1ccc2c3ccc[c-]c3c3ncc4n3c2c1CC4.[Ir].[Ir].[Ir].[Ir].[c-]1ccccc1-n1cccn1. The predicted molar refractivity (Wildman–Crippen MR) is 462 cm³/mol. The molecule has 117 heavy (non-hydrogen) atoms. The first-order valence-electron chi connectivity index (χ1n) is 39.5. The Hall–Kier alpha value is -10.7. The summed E-state index contributed by atoms with van der Waals surface area (Å²) < 4.78 is 11.3. The van der Waals surface area contributed by atoms with E-state index in [-0.39, 0.29) is 85.8 Å². The molecule has 0 unspecified atom stereocenters. The molecule has 25 rings (SSSR count). The maximum absolute atomic E-state index is 4.77. The van der Waals surface area contributed by atoms with E-state index in [0.29, 0.717) is 0 Å². The van der Waals surface area contributed by atoms with Crippen molar-refractivity contribution in [3.05, 3.63) is 358 Å². The number of imidazole rings is 4. The molecule has 4 aliphatic rings. The van der Waals surface area contributed by atoms with Gasteiger partial charge < -0.3 is 17.6 Å². The Labute approximate surface area is 733 Å². The number of hydrogen-bond donors (Lipinski definition) is 0. The van der Waals surface area contributed by atoms with Crippen molar-refractivity contribution in [1.29, 1.82) is 0 Å². The van der Waals surface area contributed by atoms with Crippen molar-refractivity contribution >= 4 is 109 Å². The predicted octanol–water partition coefficient (Wildman–Crippen LogP) is 23.4. The Morgan fingerprint density at radius 1 is 0.342 bits per heavy atom. The number of benzene rings is 12. The molecule has 4 radical (unpaired) electrons. The molecule has 0 amide bonds. The van der Waals surface area contributed by atoms with E-state index in [9.17, 15) is 0 Å². The summed E-state index contributed by atoms with van der Waals surface area (Å²) in [6.45, 7) is 17.9. The Kier molecular flexibility index (Phi) is 21.1. The third kappa shape index (κ3) is 12.8. The maximum atomic E-state index is 4.77. The zero-order valence-electron chi connectivity index (χ0n) is 65.9. The summed E-state index contributed by atoms with van der Waals surface area (Å²) in [7, 11) is 0. The zero-order valence-corrected chi connectivity index (χ0v) is 75.5. The molecule has 0 fully saturated rings. The van der Waals surface area contributed by atoms with E-state index < -0.39 is 0 Å². The average Bonchev–Trinajstić information content (AvgIpc) is 1.51. The van der Waals surface area contributed by atoms with Gasteiger partial charge in [-0.2, -0.15) is 29.4 Å². The van der Waals surface area contributed by atoms with Gasteiger partial charge in [0.25, 0.3) is 0 Å². The molecular formula is C103H79Ir4N10-5. The smallest absolute Gasteiger partial charge is 0.0611 e. The third-order valence-corrected chi connectivity index (χ3v) is 24.4. The fourth-order valence-electron chi connectivity index (χ4n) is 19.5. The maximum Gasteiger partial charge on any atom is 0.0611 e. The van der Waals surface area contributed by atoms with Crippen LogP contribution in [-0.4, -0.2) is 47.3 Å². The summed E-state index contributed by atoms with van der Waals surface area (Å²) in [6, 6.07) is 91.9. The van der Waals surface area contributed by atoms with Crippen LogP contribution in [0.3, 0.4) is 0 Å². The first-order valence-corrected chi connectivity index (χ1v) is 39.5. The van der Waals surface area contributed by atoms with E-state index in [2.05, 4.69) is 266 Å². The molecule has 0 saturated heterocycles. The molecule has 582 valence electrons. The average molecular weight is 2230 g/mol. The molecule has 0 bridgehead atoms. The van der Waals surface area contributed by atoms with Crippen LogP contribution in [0.1, 0.15) is 92.3 Å². The van der Waals surface area contributed by atoms with Crippen molar-refractivity contribution in [1.82, 2.24) is 47.3 Å². The Bertz CT molecular complexity index is 7440. The van der Waals surface area contributed by atoms with Crippen LogP contribution in [0.5, 0.6) is 0 Å². The molecule has 0 aliphatic carbocycles. The van der Waals surface area contributed by atoms with Crippen LogP contribution in [0, 0.1) is 71.9 Å². The number of aromatic nitrogens is 10. The Morgan fingerprint density at radius 2 is 0.803 bits per heavy atom. The molecule has 4 aliphatic heterocycles. The van der Waals surface area contributed by atoms with E-state index in [1.54, 1.807) is 10.9 Å². The van der Waals surface area contributed by atoms with E-state index in [1.807, 2.05) is 85.6 Å². The topological polar surface area (TPSA) is 87.0 Å². The molecule has 14 heteroatoms. The monoisotopic (exact) mass is 2230 g/mol. The molecule has 0 atom stereocenters. The fraction of sp³-hybridized carbons (Fsp3) is 0.155. The summed E-state index contributed by atoms with van der Waals surface area (Å²) in [5.74, 6) is 0. The van der Waals surface area contributed by atoms with Crippen LogP contribution in [0.15, 0.2) is 250 Å². The van der Waals surface area contributed by atoms with Crippen molar-refractivity contribution in [3.63, 3.8) is 0 Å². The van der Waals surface area contributed by atoms with Gasteiger partial charge in [0.05, 0.1) is 22.6 Å². The minimum atomic E-state index is 0. The second-order valence-corrected chi connectivity index (χ2v) is 31.8. The molecule has 10 nitrogen and oxygen atoms in total. The van der Waals surface area contributed by atoms with Crippen molar-refractivity contribution in [2.45, 2.75) is 106 Å². The van der Waals surface area contributed by atoms with Gasteiger partial charge in [0.15, 0.2) is 0 Å². The first kappa shape index (κ1) is 78.8. The van der Waals surface area contributed by atoms with Crippen molar-refractivity contribution in [2.75, 3.05) is 0 Å². The fourth-order valence-corrected chi connectivity index (χ4v) is 19.5. The van der Waals surface area contributed by atoms with Gasteiger partial charge >= 0.3 is 0 Å². The number of fused-ring (bicyclic) bond motifs is 12. The summed E-state index contributed by atoms with van der Waals surface area (Å²) >= 11 is 0. The normalized spacial score (nSPS) is 13.0. The molecule has 0 saturated carbocycles. The number of nitrogens with zero attached hydrogens (tertiary/aromatic N) is 10. The van der Waals surface area contributed by atoms with Crippen LogP contribution < -0.4 is 0 Å². The summed E-state index contributed by atoms with van der Waals surface area (Å²) in [4.78, 5) is 19.0. The largest absolute Gasteiger partial charge is 0.337 e. The number of hydrogen-bond acceptors (Lipinski definition) is 5. The van der Waals surface area contributed by atoms with Gasteiger partial charge in [0.2, 0.25) is 0 Å². The second-order valence-electron chi connectivity index (χ2n) is 31.8. The van der Waals surface area contributed by atoms with E-state index in [4.69, 9.17) is 19.9 Å². The molecule has 0 spiro atoms. The minimum absolute atomic E-state index is 0. The number of rotatable bonds is 4. The van der Waals surface area contributed by atoms with Gasteiger partial charge in [-0.05, 0) is 215 Å². The number of para-hydroxylation sites is 2. The quantitative estimate of drug-likeness (QED) is 0.129. The van der Waals surface area contributed by atoms with Crippen LogP contribution in [0.2, 0.25) is 0 Å². The van der Waals surface area contributed by atoms with Crippen LogP contribution in [0.25, 0.3) is 148 Å². The standard InChI is InChI=1S/3C25H19N2.C19H15N2.C9H7N2.4Ir/c1-15-6-5-7-16(2)22(15)21-13-11-17-10-12-18-14-26-25-20-9-4-3-8-19(20)23(21)24(17)27(18)25;1-15-6-5-7-16(2)23(15)18-12-17-10-11-19-14-26-25-21-9-4-3-8-20(21)22(13-18)24(17)27(19)25;1-15-6-5-7-16(2)23(15)19-12-13-20-18-8-3-4-9-22(18)25-26-14-17-10-11-21(19)24(20)27(17)25;1-19(2)10-12-6-5-9-14-13-7-3-4-8-15(13)18-20-11-16(19)21(18)17(12)14;1-2-5-9(6-3-1)11-8-4-7-10-11;;;;/h3-8,11,13-14H,10,12H2,1-2H3;2*3-8,12-14H,10-11H2,1-2H3;3-7,9,11H,10H2,1-2H3;1-5,7-8H;;;;/q5*-1;;;;. The molecular weight excluding hydrogens is 2150 g/mol. The van der Waals surface area contributed by atoms with Gasteiger partial charge in [-0.15, -0.1) is 125 Å². The van der Waals surface area contributed by atoms with Crippen molar-refractivity contribution in [2.24, 2.45) is 0 Å². The number of pyridine rings is 4. The Morgan fingerprint density at radius 3 is 1.38 bits per heavy atom. The minimum Gasteiger partial charge on any atom is -0.337 e. The van der Waals surface area contributed by atoms with Gasteiger partial charge in [0, 0.05) is 168 Å². The van der Waals surface area contributed by atoms with Crippen LogP contribution in [-0.2, 0) is 131 Å². The molecule has 0 N–H and O–H groups in total. The van der Waals surface area contributed by atoms with Gasteiger partial charge in [-0.1, -0.05) is 139 Å². The molecule has 13 heterocycles. The number of aryl methyl sites for hydroxylation is 12. The van der Waals surface area contributed by atoms with E-state index in [0.717, 1.165) is 94.8 Å². The zero-order chi connectivity index (χ0) is 76.1. The molecule has 9 aromatic heterocycles. The van der Waals surface area contributed by atoms with Crippen LogP contribution in [0.4, 0.5) is 0 Å². The van der Waals surface area contributed by atoms with E-state index in [1.165, 1.54) is 177 Å². The molecule has 21 aromatic rings. The van der Waals surface area contributed by atoms with E-state index >= 15 is 0 Å². The van der Waals surface area contributed by atoms with Crippen molar-refractivity contribution < 1.29 is 80.4 Å². The molecule has 12 aromatic carbocycles.